The first-order chi connectivity index (χ1) is 7.70. The Morgan fingerprint density at radius 2 is 1.75 bits per heavy atom. The molecule has 0 saturated heterocycles. The molecule has 4 nitrogen and oxygen atoms in total. The van der Waals surface area contributed by atoms with Crippen LogP contribution in [0.2, 0.25) is 4.44 Å². The van der Waals surface area contributed by atoms with Gasteiger partial charge in [0, 0.05) is 0 Å². The summed E-state index contributed by atoms with van der Waals surface area (Å²) in [6.07, 6.45) is 5.32. The van der Waals surface area contributed by atoms with Crippen LogP contribution in [-0.4, -0.2) is 32.9 Å². The number of carbonyl (C=O) groups is 1. The summed E-state index contributed by atoms with van der Waals surface area (Å²) >= 11 is -3.10. The molecule has 0 aliphatic rings. The molecule has 0 unspecified atom stereocenters. The van der Waals surface area contributed by atoms with E-state index in [1.807, 2.05) is 6.92 Å². The van der Waals surface area contributed by atoms with Crippen LogP contribution in [0.15, 0.2) is 0 Å². The molecule has 0 N–H and O–H groups in total. The van der Waals surface area contributed by atoms with E-state index in [2.05, 4.69) is 6.92 Å². The molecule has 0 fully saturated rings. The summed E-state index contributed by atoms with van der Waals surface area (Å²) in [5.74, 6) is 0. The summed E-state index contributed by atoms with van der Waals surface area (Å²) in [6.45, 7) is 4.52. The van der Waals surface area contributed by atoms with Crippen molar-refractivity contribution in [1.82, 2.24) is 0 Å². The Labute approximate surface area is 105 Å². The molecule has 0 radical (unpaired) electrons. The molecule has 0 heterocycles. The Bertz CT molecular complexity index is 206. The average Bonchev–Trinajstić information content (AvgIpc) is 2.26. The van der Waals surface area contributed by atoms with Crippen molar-refractivity contribution >= 4 is 26.3 Å². The number of hydrogen-bond acceptors (Lipinski definition) is 4. The number of carbonyl (C=O) groups excluding carboxylic acids is 1. The second-order valence-electron chi connectivity index (χ2n) is 3.74. The fraction of sp³-hybridized carbons (Fsp3) is 0.909. The number of unbranched alkanes of at least 4 members (excludes halogenated alkanes) is 4. The first-order valence-corrected chi connectivity index (χ1v) is 10.4. The van der Waals surface area contributed by atoms with Gasteiger partial charge in [-0.2, -0.15) is 0 Å². The summed E-state index contributed by atoms with van der Waals surface area (Å²) in [7, 11) is 0. The van der Waals surface area contributed by atoms with Crippen molar-refractivity contribution in [3.8, 4) is 0 Å². The first-order valence-electron chi connectivity index (χ1n) is 6.08. The topological polar surface area (TPSA) is 52.6 Å². The minimum absolute atomic E-state index is 0.378. The molecule has 0 spiro atoms. The van der Waals surface area contributed by atoms with Gasteiger partial charge in [-0.05, 0) is 0 Å². The predicted octanol–water partition coefficient (Wildman–Crippen LogP) is 3.44. The maximum atomic E-state index is 11.3. The van der Waals surface area contributed by atoms with Gasteiger partial charge in [0.15, 0.2) is 0 Å². The van der Waals surface area contributed by atoms with Crippen LogP contribution < -0.4 is 0 Å². The fourth-order valence-electron chi connectivity index (χ4n) is 1.18. The van der Waals surface area contributed by atoms with Crippen LogP contribution in [0.4, 0.5) is 4.79 Å². The van der Waals surface area contributed by atoms with Gasteiger partial charge in [-0.25, -0.2) is 0 Å². The van der Waals surface area contributed by atoms with E-state index < -0.39 is 26.3 Å². The van der Waals surface area contributed by atoms with Crippen molar-refractivity contribution in [2.45, 2.75) is 56.8 Å². The zero-order chi connectivity index (χ0) is 12.2. The van der Waals surface area contributed by atoms with Crippen LogP contribution >= 0.6 is 0 Å². The third-order valence-electron chi connectivity index (χ3n) is 2.15. The Hall–Kier alpha value is -0.131. The quantitative estimate of drug-likeness (QED) is 0.367. The zero-order valence-electron chi connectivity index (χ0n) is 10.3. The molecule has 5 heteroatoms. The maximum absolute atomic E-state index is 11.3. The SMILES string of the molecule is CCCCCCOC(=O)[O][Sn](=[O])[CH2]CCC. The normalized spacial score (nSPS) is 9.88. The zero-order valence-corrected chi connectivity index (χ0v) is 13.1. The Morgan fingerprint density at radius 3 is 2.38 bits per heavy atom. The van der Waals surface area contributed by atoms with Crippen molar-refractivity contribution < 1.29 is 15.7 Å². The molecule has 0 aliphatic heterocycles. The first kappa shape index (κ1) is 15.9. The standard InChI is InChI=1S/C7H14O3.C4H9.O.Sn/c1-2-3-4-5-6-10-7(8)9;1-3-4-2;;/h2-6H2,1H3,(H,8,9);1,3-4H2,2H3;;/q;;;+1/p-1. The monoisotopic (exact) mass is 338 g/mol. The summed E-state index contributed by atoms with van der Waals surface area (Å²) in [4.78, 5) is 11.1. The van der Waals surface area contributed by atoms with Crippen molar-refractivity contribution in [1.29, 1.82) is 0 Å². The van der Waals surface area contributed by atoms with E-state index in [9.17, 15) is 7.87 Å². The second-order valence-corrected chi connectivity index (χ2v) is 7.87. The Morgan fingerprint density at radius 1 is 1.06 bits per heavy atom. The fourth-order valence-corrected chi connectivity index (χ4v) is 4.00. The molecule has 94 valence electrons. The third kappa shape index (κ3) is 10.4. The van der Waals surface area contributed by atoms with Crippen LogP contribution in [0.25, 0.3) is 0 Å². The van der Waals surface area contributed by atoms with Crippen molar-refractivity contribution in [3.63, 3.8) is 0 Å². The van der Waals surface area contributed by atoms with Crippen molar-refractivity contribution in [2.75, 3.05) is 6.61 Å². The third-order valence-corrected chi connectivity index (χ3v) is 5.45. The van der Waals surface area contributed by atoms with Gasteiger partial charge in [0.1, 0.15) is 0 Å². The second kappa shape index (κ2) is 11.4. The van der Waals surface area contributed by atoms with Gasteiger partial charge in [-0.3, -0.25) is 0 Å². The molecule has 0 atom stereocenters. The van der Waals surface area contributed by atoms with Crippen molar-refractivity contribution in [3.05, 3.63) is 0 Å². The molecule has 0 saturated carbocycles. The van der Waals surface area contributed by atoms with Gasteiger partial charge in [-0.1, -0.05) is 0 Å². The molecule has 16 heavy (non-hydrogen) atoms. The van der Waals surface area contributed by atoms with Crippen molar-refractivity contribution in [2.24, 2.45) is 0 Å². The molecule has 0 aromatic carbocycles. The molecular weight excluding hydrogens is 315 g/mol. The number of rotatable bonds is 9. The van der Waals surface area contributed by atoms with E-state index in [-0.39, 0.29) is 0 Å². The number of hydrogen-bond donors (Lipinski definition) is 0. The van der Waals surface area contributed by atoms with E-state index in [1.165, 1.54) is 0 Å². The molecular formula is C11H22O4Sn. The molecule has 0 aliphatic carbocycles. The van der Waals surface area contributed by atoms with E-state index in [0.717, 1.165) is 38.5 Å². The van der Waals surface area contributed by atoms with E-state index in [1.54, 1.807) is 0 Å². The van der Waals surface area contributed by atoms with Gasteiger partial charge in [0.05, 0.1) is 0 Å². The summed E-state index contributed by atoms with van der Waals surface area (Å²) in [5, 5.41) is 0. The molecule has 0 bridgehead atoms. The predicted molar refractivity (Wildman–Crippen MR) is 62.7 cm³/mol. The van der Waals surface area contributed by atoms with Gasteiger partial charge in [0.2, 0.25) is 0 Å². The minimum atomic E-state index is -3.10. The van der Waals surface area contributed by atoms with E-state index >= 15 is 0 Å². The average molecular weight is 337 g/mol. The summed E-state index contributed by atoms with van der Waals surface area (Å²) in [6, 6.07) is 0. The summed E-state index contributed by atoms with van der Waals surface area (Å²) in [5.41, 5.74) is 0. The van der Waals surface area contributed by atoms with E-state index in [4.69, 9.17) is 7.81 Å². The van der Waals surface area contributed by atoms with Crippen LogP contribution in [-0.2, 0) is 10.9 Å². The van der Waals surface area contributed by atoms with E-state index in [0.29, 0.717) is 11.0 Å². The van der Waals surface area contributed by atoms with Gasteiger partial charge in [-0.15, -0.1) is 0 Å². The molecule has 0 aromatic heterocycles. The number of ether oxygens (including phenoxy) is 1. The van der Waals surface area contributed by atoms with Crippen LogP contribution in [0.3, 0.4) is 0 Å². The molecule has 0 aromatic rings. The molecule has 0 amide bonds. The van der Waals surface area contributed by atoms with Gasteiger partial charge in [0.25, 0.3) is 0 Å². The van der Waals surface area contributed by atoms with Crippen LogP contribution in [0, 0.1) is 0 Å². The Balaban J connectivity index is 3.40. The van der Waals surface area contributed by atoms with Crippen LogP contribution in [0.5, 0.6) is 0 Å². The molecule has 0 rings (SSSR count). The summed E-state index contributed by atoms with van der Waals surface area (Å²) < 4.78 is 21.4. The Kier molecular flexibility index (Phi) is 11.3. The van der Waals surface area contributed by atoms with Gasteiger partial charge < -0.3 is 0 Å². The van der Waals surface area contributed by atoms with Crippen LogP contribution in [0.1, 0.15) is 52.4 Å². The van der Waals surface area contributed by atoms with Gasteiger partial charge >= 0.3 is 105 Å².